The summed E-state index contributed by atoms with van der Waals surface area (Å²) >= 11 is 0. The van der Waals surface area contributed by atoms with Crippen LogP contribution in [-0.2, 0) is 0 Å². The van der Waals surface area contributed by atoms with Crippen molar-refractivity contribution in [1.82, 2.24) is 9.80 Å². The Kier molecular flexibility index (Phi) is 1.54. The van der Waals surface area contributed by atoms with Crippen LogP contribution < -0.4 is 0 Å². The summed E-state index contributed by atoms with van der Waals surface area (Å²) in [5.41, 5.74) is 0.654. The van der Waals surface area contributed by atoms with E-state index in [2.05, 4.69) is 16.8 Å². The number of nitrogens with zero attached hydrogens (tertiary/aromatic N) is 2. The van der Waals surface area contributed by atoms with Gasteiger partial charge in [0, 0.05) is 32.2 Å². The molecule has 0 unspecified atom stereocenters. The Balaban J connectivity index is 1.48. The van der Waals surface area contributed by atoms with E-state index in [9.17, 15) is 4.39 Å². The molecular weight excluding hydrogens is 167 g/mol. The molecule has 0 radical (unpaired) electrons. The second-order valence-corrected chi connectivity index (χ2v) is 5.29. The van der Waals surface area contributed by atoms with Crippen LogP contribution in [0.25, 0.3) is 0 Å². The maximum absolute atomic E-state index is 12.6. The van der Waals surface area contributed by atoms with E-state index in [-0.39, 0.29) is 0 Å². The first-order valence-electron chi connectivity index (χ1n) is 5.24. The lowest BCUT2D eigenvalue weighted by Crippen LogP contribution is -2.68. The minimum Gasteiger partial charge on any atom is -0.305 e. The molecule has 1 aliphatic carbocycles. The van der Waals surface area contributed by atoms with E-state index in [0.717, 1.165) is 6.04 Å². The zero-order chi connectivity index (χ0) is 9.05. The summed E-state index contributed by atoms with van der Waals surface area (Å²) in [4.78, 5) is 4.69. The second kappa shape index (κ2) is 2.45. The summed E-state index contributed by atoms with van der Waals surface area (Å²) in [7, 11) is 2.18. The summed E-state index contributed by atoms with van der Waals surface area (Å²) < 4.78 is 12.6. The standard InChI is InChI=1S/C10H17FN2/c1-12-6-10(7-12)2-9(3-10)13-4-8(11)5-13/h8-9H,2-7H2,1H3. The van der Waals surface area contributed by atoms with Crippen molar-refractivity contribution in [2.75, 3.05) is 33.2 Å². The molecule has 0 N–H and O–H groups in total. The number of alkyl halides is 1. The molecule has 0 bridgehead atoms. The van der Waals surface area contributed by atoms with Gasteiger partial charge in [-0.2, -0.15) is 0 Å². The van der Waals surface area contributed by atoms with Gasteiger partial charge in [-0.1, -0.05) is 0 Å². The van der Waals surface area contributed by atoms with Gasteiger partial charge < -0.3 is 4.90 Å². The lowest BCUT2D eigenvalue weighted by molar-refractivity contribution is -0.124. The number of likely N-dealkylation sites (tertiary alicyclic amines) is 2. The highest BCUT2D eigenvalue weighted by atomic mass is 19.1. The van der Waals surface area contributed by atoms with Crippen LogP contribution in [0.4, 0.5) is 4.39 Å². The molecule has 0 aromatic carbocycles. The number of halogens is 1. The summed E-state index contributed by atoms with van der Waals surface area (Å²) in [6, 6.07) is 0.723. The van der Waals surface area contributed by atoms with Crippen LogP contribution in [0.3, 0.4) is 0 Å². The van der Waals surface area contributed by atoms with E-state index >= 15 is 0 Å². The molecule has 13 heavy (non-hydrogen) atoms. The average molecular weight is 184 g/mol. The van der Waals surface area contributed by atoms with Crippen molar-refractivity contribution in [2.45, 2.75) is 25.1 Å². The summed E-state index contributed by atoms with van der Waals surface area (Å²) in [6.07, 6.45) is 2.12. The summed E-state index contributed by atoms with van der Waals surface area (Å²) in [5, 5.41) is 0. The maximum atomic E-state index is 12.6. The fourth-order valence-corrected chi connectivity index (χ4v) is 3.31. The minimum absolute atomic E-state index is 0.527. The number of hydrogen-bond donors (Lipinski definition) is 0. The van der Waals surface area contributed by atoms with Crippen LogP contribution in [0.2, 0.25) is 0 Å². The normalized spacial score (nSPS) is 35.5. The Morgan fingerprint density at radius 3 is 2.31 bits per heavy atom. The molecule has 74 valence electrons. The first-order chi connectivity index (χ1) is 6.17. The van der Waals surface area contributed by atoms with Gasteiger partial charge in [-0.05, 0) is 25.3 Å². The van der Waals surface area contributed by atoms with E-state index in [1.807, 2.05) is 0 Å². The maximum Gasteiger partial charge on any atom is 0.125 e. The van der Waals surface area contributed by atoms with Gasteiger partial charge in [0.25, 0.3) is 0 Å². The van der Waals surface area contributed by atoms with Gasteiger partial charge in [-0.15, -0.1) is 0 Å². The Labute approximate surface area is 78.7 Å². The van der Waals surface area contributed by atoms with Crippen LogP contribution in [0.15, 0.2) is 0 Å². The third-order valence-electron chi connectivity index (χ3n) is 3.93. The van der Waals surface area contributed by atoms with Crippen molar-refractivity contribution in [3.05, 3.63) is 0 Å². The van der Waals surface area contributed by atoms with Crippen LogP contribution in [0.1, 0.15) is 12.8 Å². The molecule has 0 aromatic rings. The fraction of sp³-hybridized carbons (Fsp3) is 1.00. The molecule has 0 amide bonds. The first kappa shape index (κ1) is 8.18. The molecular formula is C10H17FN2. The second-order valence-electron chi connectivity index (χ2n) is 5.29. The molecule has 2 heterocycles. The smallest absolute Gasteiger partial charge is 0.125 e. The SMILES string of the molecule is CN1CC2(CC(N3CC(F)C3)C2)C1. The predicted octanol–water partition coefficient (Wildman–Crippen LogP) is 0.734. The van der Waals surface area contributed by atoms with Crippen molar-refractivity contribution in [1.29, 1.82) is 0 Å². The average Bonchev–Trinajstić information content (AvgIpc) is 1.88. The molecule has 2 saturated heterocycles. The first-order valence-corrected chi connectivity index (χ1v) is 5.24. The Bertz CT molecular complexity index is 211. The molecule has 3 rings (SSSR count). The van der Waals surface area contributed by atoms with E-state index < -0.39 is 6.17 Å². The third-order valence-corrected chi connectivity index (χ3v) is 3.93. The molecule has 3 heteroatoms. The fourth-order valence-electron chi connectivity index (χ4n) is 3.31. The van der Waals surface area contributed by atoms with Crippen LogP contribution in [0.5, 0.6) is 0 Å². The van der Waals surface area contributed by atoms with Crippen LogP contribution >= 0.6 is 0 Å². The van der Waals surface area contributed by atoms with Gasteiger partial charge in [-0.25, -0.2) is 4.39 Å². The van der Waals surface area contributed by atoms with Gasteiger partial charge in [0.2, 0.25) is 0 Å². The zero-order valence-corrected chi connectivity index (χ0v) is 8.17. The predicted molar refractivity (Wildman–Crippen MR) is 49.4 cm³/mol. The van der Waals surface area contributed by atoms with E-state index in [0.29, 0.717) is 18.5 Å². The van der Waals surface area contributed by atoms with Gasteiger partial charge in [0.1, 0.15) is 6.17 Å². The van der Waals surface area contributed by atoms with Crippen molar-refractivity contribution in [3.8, 4) is 0 Å². The monoisotopic (exact) mass is 184 g/mol. The lowest BCUT2D eigenvalue weighted by Gasteiger charge is -2.62. The largest absolute Gasteiger partial charge is 0.305 e. The minimum atomic E-state index is -0.527. The van der Waals surface area contributed by atoms with Crippen LogP contribution in [0, 0.1) is 5.41 Å². The summed E-state index contributed by atoms with van der Waals surface area (Å²) in [5.74, 6) is 0. The number of hydrogen-bond acceptors (Lipinski definition) is 2. The van der Waals surface area contributed by atoms with Gasteiger partial charge in [0.05, 0.1) is 0 Å². The molecule has 2 nitrogen and oxygen atoms in total. The van der Waals surface area contributed by atoms with Crippen molar-refractivity contribution >= 4 is 0 Å². The van der Waals surface area contributed by atoms with Crippen molar-refractivity contribution in [2.24, 2.45) is 5.41 Å². The Morgan fingerprint density at radius 1 is 1.23 bits per heavy atom. The van der Waals surface area contributed by atoms with Crippen molar-refractivity contribution in [3.63, 3.8) is 0 Å². The topological polar surface area (TPSA) is 6.48 Å². The quantitative estimate of drug-likeness (QED) is 0.593. The van der Waals surface area contributed by atoms with E-state index in [1.54, 1.807) is 0 Å². The molecule has 1 spiro atoms. The van der Waals surface area contributed by atoms with Gasteiger partial charge in [-0.3, -0.25) is 4.90 Å². The molecule has 3 aliphatic rings. The molecule has 2 aliphatic heterocycles. The number of rotatable bonds is 1. The Hall–Kier alpha value is -0.150. The molecule has 0 atom stereocenters. The highest BCUT2D eigenvalue weighted by Gasteiger charge is 2.53. The third kappa shape index (κ3) is 1.13. The van der Waals surface area contributed by atoms with E-state index in [4.69, 9.17) is 0 Å². The van der Waals surface area contributed by atoms with E-state index in [1.165, 1.54) is 25.9 Å². The Morgan fingerprint density at radius 2 is 1.85 bits per heavy atom. The molecule has 0 aromatic heterocycles. The zero-order valence-electron chi connectivity index (χ0n) is 8.17. The molecule has 1 saturated carbocycles. The van der Waals surface area contributed by atoms with Crippen LogP contribution in [-0.4, -0.2) is 55.2 Å². The lowest BCUT2D eigenvalue weighted by atomic mass is 9.60. The highest BCUT2D eigenvalue weighted by Crippen LogP contribution is 2.50. The van der Waals surface area contributed by atoms with Crippen molar-refractivity contribution < 1.29 is 4.39 Å². The highest BCUT2D eigenvalue weighted by molar-refractivity contribution is 5.08. The van der Waals surface area contributed by atoms with Gasteiger partial charge >= 0.3 is 0 Å². The molecule has 3 fully saturated rings. The summed E-state index contributed by atoms with van der Waals surface area (Å²) in [6.45, 7) is 3.96. The van der Waals surface area contributed by atoms with Gasteiger partial charge in [0.15, 0.2) is 0 Å².